The number of nitrogens with one attached hydrogen (secondary N) is 2. The Labute approximate surface area is 127 Å². The minimum atomic E-state index is -1.38. The first-order chi connectivity index (χ1) is 10.3. The molecule has 0 aromatic heterocycles. The highest BCUT2D eigenvalue weighted by molar-refractivity contribution is 5.93. The van der Waals surface area contributed by atoms with Crippen molar-refractivity contribution in [3.05, 3.63) is 0 Å². The molecular weight excluding hydrogens is 296 g/mol. The van der Waals surface area contributed by atoms with Crippen LogP contribution in [0.5, 0.6) is 0 Å². The molecule has 2 unspecified atom stereocenters. The van der Waals surface area contributed by atoms with E-state index in [0.717, 1.165) is 0 Å². The summed E-state index contributed by atoms with van der Waals surface area (Å²) < 4.78 is 0. The number of unbranched alkanes of at least 4 members (excludes halogenated alkanes) is 1. The molecule has 0 aromatic rings. The predicted octanol–water partition coefficient (Wildman–Crippen LogP) is -2.40. The molecule has 0 aromatic carbocycles. The van der Waals surface area contributed by atoms with Crippen LogP contribution in [-0.2, 0) is 19.2 Å². The minimum absolute atomic E-state index is 0.156. The third kappa shape index (κ3) is 8.17. The van der Waals surface area contributed by atoms with E-state index >= 15 is 0 Å². The van der Waals surface area contributed by atoms with Crippen molar-refractivity contribution in [3.63, 3.8) is 0 Å². The molecule has 0 saturated carbocycles. The topological polar surface area (TPSA) is 185 Å². The summed E-state index contributed by atoms with van der Waals surface area (Å²) in [5.74, 6) is -4.15. The van der Waals surface area contributed by atoms with Crippen molar-refractivity contribution >= 4 is 23.8 Å². The molecule has 0 spiro atoms. The van der Waals surface area contributed by atoms with Gasteiger partial charge in [-0.15, -0.1) is 0 Å². The number of aliphatic carboxylic acids is 2. The second kappa shape index (κ2) is 10.5. The summed E-state index contributed by atoms with van der Waals surface area (Å²) in [6, 6.07) is -2.56. The fraction of sp³-hybridized carbons (Fsp3) is 0.667. The monoisotopic (exact) mass is 318 g/mol. The fourth-order valence-electron chi connectivity index (χ4n) is 1.66. The fourth-order valence-corrected chi connectivity index (χ4v) is 1.66. The lowest BCUT2D eigenvalue weighted by Crippen LogP contribution is -2.53. The second-order valence-corrected chi connectivity index (χ2v) is 4.61. The number of carboxylic acid groups (broad SMARTS) is 2. The molecular formula is C12H22N4O6. The van der Waals surface area contributed by atoms with Crippen LogP contribution < -0.4 is 22.1 Å². The van der Waals surface area contributed by atoms with Gasteiger partial charge in [-0.25, -0.2) is 4.79 Å². The van der Waals surface area contributed by atoms with Gasteiger partial charge in [0, 0.05) is 0 Å². The van der Waals surface area contributed by atoms with E-state index in [1.165, 1.54) is 0 Å². The lowest BCUT2D eigenvalue weighted by atomic mass is 10.1. The highest BCUT2D eigenvalue weighted by Gasteiger charge is 2.27. The molecule has 0 rings (SSSR count). The van der Waals surface area contributed by atoms with E-state index in [4.69, 9.17) is 21.7 Å². The van der Waals surface area contributed by atoms with E-state index in [0.29, 0.717) is 19.4 Å². The van der Waals surface area contributed by atoms with Crippen molar-refractivity contribution in [2.24, 2.45) is 11.5 Å². The number of amides is 2. The molecule has 0 fully saturated rings. The van der Waals surface area contributed by atoms with E-state index in [1.54, 1.807) is 0 Å². The summed E-state index contributed by atoms with van der Waals surface area (Å²) >= 11 is 0. The average Bonchev–Trinajstić information content (AvgIpc) is 2.44. The molecule has 22 heavy (non-hydrogen) atoms. The molecule has 0 saturated heterocycles. The van der Waals surface area contributed by atoms with E-state index in [2.05, 4.69) is 10.6 Å². The maximum absolute atomic E-state index is 12.0. The Kier molecular flexibility index (Phi) is 9.46. The molecule has 0 aliphatic heterocycles. The van der Waals surface area contributed by atoms with E-state index in [1.807, 2.05) is 0 Å². The Balaban J connectivity index is 4.76. The van der Waals surface area contributed by atoms with Crippen molar-refractivity contribution in [3.8, 4) is 0 Å². The van der Waals surface area contributed by atoms with E-state index in [-0.39, 0.29) is 6.42 Å². The molecule has 0 heterocycles. The zero-order chi connectivity index (χ0) is 17.1. The first-order valence-corrected chi connectivity index (χ1v) is 6.76. The summed E-state index contributed by atoms with van der Waals surface area (Å²) in [7, 11) is 0. The Morgan fingerprint density at radius 1 is 0.955 bits per heavy atom. The molecule has 10 nitrogen and oxygen atoms in total. The van der Waals surface area contributed by atoms with Gasteiger partial charge < -0.3 is 32.3 Å². The van der Waals surface area contributed by atoms with Gasteiger partial charge in [-0.2, -0.15) is 0 Å². The van der Waals surface area contributed by atoms with Crippen LogP contribution in [0.15, 0.2) is 0 Å². The third-order valence-electron chi connectivity index (χ3n) is 2.78. The van der Waals surface area contributed by atoms with Crippen LogP contribution >= 0.6 is 0 Å². The van der Waals surface area contributed by atoms with Gasteiger partial charge in [0.05, 0.1) is 13.0 Å². The number of hydrogen-bond acceptors (Lipinski definition) is 6. The van der Waals surface area contributed by atoms with Gasteiger partial charge in [0.25, 0.3) is 0 Å². The molecule has 8 N–H and O–H groups in total. The van der Waals surface area contributed by atoms with Crippen LogP contribution in [0.25, 0.3) is 0 Å². The molecule has 10 heteroatoms. The quantitative estimate of drug-likeness (QED) is 0.228. The lowest BCUT2D eigenvalue weighted by molar-refractivity contribution is -0.143. The van der Waals surface area contributed by atoms with Crippen LogP contribution in [0.4, 0.5) is 0 Å². The molecule has 2 atom stereocenters. The van der Waals surface area contributed by atoms with Crippen LogP contribution in [-0.4, -0.2) is 59.1 Å². The third-order valence-corrected chi connectivity index (χ3v) is 2.78. The van der Waals surface area contributed by atoms with Crippen molar-refractivity contribution in [2.75, 3.05) is 13.1 Å². The lowest BCUT2D eigenvalue weighted by Gasteiger charge is -2.20. The van der Waals surface area contributed by atoms with Gasteiger partial charge >= 0.3 is 11.9 Å². The zero-order valence-electron chi connectivity index (χ0n) is 12.1. The highest BCUT2D eigenvalue weighted by atomic mass is 16.4. The molecule has 126 valence electrons. The summed E-state index contributed by atoms with van der Waals surface area (Å²) in [6.07, 6.45) is 0.574. The van der Waals surface area contributed by atoms with E-state index < -0.39 is 48.8 Å². The van der Waals surface area contributed by atoms with Crippen molar-refractivity contribution in [1.29, 1.82) is 0 Å². The SMILES string of the molecule is NCCCCC(NC(=O)C(CC(=O)O)NC(=O)CN)C(=O)O. The number of carboxylic acids is 2. The maximum atomic E-state index is 12.0. The summed E-state index contributed by atoms with van der Waals surface area (Å²) in [6.45, 7) is -0.0171. The Bertz CT molecular complexity index is 414. The molecule has 2 amide bonds. The van der Waals surface area contributed by atoms with Crippen LogP contribution in [0.3, 0.4) is 0 Å². The Hall–Kier alpha value is -2.20. The summed E-state index contributed by atoms with van der Waals surface area (Å²) in [5.41, 5.74) is 10.4. The number of hydrogen-bond donors (Lipinski definition) is 6. The van der Waals surface area contributed by atoms with Gasteiger partial charge in [0.15, 0.2) is 0 Å². The molecule has 0 aliphatic carbocycles. The van der Waals surface area contributed by atoms with Gasteiger partial charge in [0.1, 0.15) is 12.1 Å². The van der Waals surface area contributed by atoms with Crippen molar-refractivity contribution in [2.45, 2.75) is 37.8 Å². The second-order valence-electron chi connectivity index (χ2n) is 4.61. The average molecular weight is 318 g/mol. The van der Waals surface area contributed by atoms with Gasteiger partial charge in [-0.05, 0) is 25.8 Å². The highest BCUT2D eigenvalue weighted by Crippen LogP contribution is 2.02. The van der Waals surface area contributed by atoms with E-state index in [9.17, 15) is 19.2 Å². The van der Waals surface area contributed by atoms with Crippen LogP contribution in [0.1, 0.15) is 25.7 Å². The number of rotatable bonds is 11. The van der Waals surface area contributed by atoms with Crippen LogP contribution in [0, 0.1) is 0 Å². The Morgan fingerprint density at radius 3 is 2.05 bits per heavy atom. The standard InChI is InChI=1S/C12H22N4O6/c13-4-2-1-3-7(12(21)22)16-11(20)8(5-10(18)19)15-9(17)6-14/h7-8H,1-6,13-14H2,(H,15,17)(H,16,20)(H,18,19)(H,21,22). The number of carbonyl (C=O) groups excluding carboxylic acids is 2. The van der Waals surface area contributed by atoms with Gasteiger partial charge in [-0.3, -0.25) is 14.4 Å². The van der Waals surface area contributed by atoms with Crippen LogP contribution in [0.2, 0.25) is 0 Å². The number of carbonyl (C=O) groups is 4. The zero-order valence-corrected chi connectivity index (χ0v) is 12.1. The minimum Gasteiger partial charge on any atom is -0.481 e. The molecule has 0 bridgehead atoms. The first kappa shape index (κ1) is 19.8. The predicted molar refractivity (Wildman–Crippen MR) is 75.7 cm³/mol. The maximum Gasteiger partial charge on any atom is 0.326 e. The summed E-state index contributed by atoms with van der Waals surface area (Å²) in [5, 5.41) is 22.1. The summed E-state index contributed by atoms with van der Waals surface area (Å²) in [4.78, 5) is 45.0. The van der Waals surface area contributed by atoms with Crippen molar-refractivity contribution < 1.29 is 29.4 Å². The van der Waals surface area contributed by atoms with Gasteiger partial charge in [0.2, 0.25) is 11.8 Å². The Morgan fingerprint density at radius 2 is 1.59 bits per heavy atom. The number of nitrogens with two attached hydrogens (primary N) is 2. The van der Waals surface area contributed by atoms with Crippen molar-refractivity contribution in [1.82, 2.24) is 10.6 Å². The first-order valence-electron chi connectivity index (χ1n) is 6.76. The van der Waals surface area contributed by atoms with Gasteiger partial charge in [-0.1, -0.05) is 0 Å². The molecule has 0 aliphatic rings. The largest absolute Gasteiger partial charge is 0.481 e. The normalized spacial score (nSPS) is 13.0. The molecule has 0 radical (unpaired) electrons. The smallest absolute Gasteiger partial charge is 0.326 e.